The van der Waals surface area contributed by atoms with Crippen LogP contribution in [0.2, 0.25) is 0 Å². The molecule has 0 aromatic carbocycles. The van der Waals surface area contributed by atoms with E-state index in [1.807, 2.05) is 22.7 Å². The van der Waals surface area contributed by atoms with Crippen molar-refractivity contribution in [1.29, 1.82) is 0 Å². The van der Waals surface area contributed by atoms with E-state index in [0.29, 0.717) is 6.54 Å². The van der Waals surface area contributed by atoms with Gasteiger partial charge in [0.25, 0.3) is 0 Å². The molecule has 0 spiro atoms. The van der Waals surface area contributed by atoms with E-state index in [1.54, 1.807) is 0 Å². The lowest BCUT2D eigenvalue weighted by atomic mass is 10.1. The molecule has 2 rings (SSSR count). The fourth-order valence-electron chi connectivity index (χ4n) is 1.62. The molecule has 1 atom stereocenters. The van der Waals surface area contributed by atoms with Crippen LogP contribution in [0.5, 0.6) is 0 Å². The first-order valence-corrected chi connectivity index (χ1v) is 5.75. The van der Waals surface area contributed by atoms with Gasteiger partial charge in [0.2, 0.25) is 0 Å². The summed E-state index contributed by atoms with van der Waals surface area (Å²) in [5, 5.41) is 8.30. The van der Waals surface area contributed by atoms with E-state index in [1.165, 1.54) is 0 Å². The number of hydrogen-bond acceptors (Lipinski definition) is 3. The van der Waals surface area contributed by atoms with Crippen LogP contribution in [0.15, 0.2) is 22.8 Å². The van der Waals surface area contributed by atoms with Gasteiger partial charge in [-0.25, -0.2) is 0 Å². The Morgan fingerprint density at radius 3 is 2.93 bits per heavy atom. The number of hydrogen-bond donors (Lipinski definition) is 1. The summed E-state index contributed by atoms with van der Waals surface area (Å²) >= 11 is 3.44. The lowest BCUT2D eigenvalue weighted by Gasteiger charge is -2.09. The summed E-state index contributed by atoms with van der Waals surface area (Å²) in [7, 11) is 0. The Kier molecular flexibility index (Phi) is 3.02. The van der Waals surface area contributed by atoms with Gasteiger partial charge in [0, 0.05) is 23.1 Å². The molecular weight excluding hydrogens is 256 g/mol. The first-order chi connectivity index (χ1) is 7.26. The van der Waals surface area contributed by atoms with Crippen LogP contribution in [0, 0.1) is 0 Å². The van der Waals surface area contributed by atoms with Crippen LogP contribution in [0.4, 0.5) is 0 Å². The number of rotatable bonds is 3. The molecule has 2 aromatic heterocycles. The largest absolute Gasteiger partial charge is 0.330 e. The summed E-state index contributed by atoms with van der Waals surface area (Å²) in [6.45, 7) is 2.71. The Labute approximate surface area is 96.6 Å². The number of aromatic nitrogens is 3. The molecule has 80 valence electrons. The Bertz CT molecular complexity index is 461. The zero-order valence-corrected chi connectivity index (χ0v) is 10.1. The van der Waals surface area contributed by atoms with Crippen molar-refractivity contribution in [2.45, 2.75) is 19.3 Å². The monoisotopic (exact) mass is 268 g/mol. The molecule has 0 aliphatic rings. The van der Waals surface area contributed by atoms with Crippen LogP contribution in [-0.4, -0.2) is 21.1 Å². The summed E-state index contributed by atoms with van der Waals surface area (Å²) < 4.78 is 3.01. The van der Waals surface area contributed by atoms with Gasteiger partial charge in [-0.05, 0) is 34.5 Å². The van der Waals surface area contributed by atoms with Crippen molar-refractivity contribution in [3.8, 4) is 0 Å². The van der Waals surface area contributed by atoms with Crippen LogP contribution in [0.1, 0.15) is 25.1 Å². The molecule has 0 aliphatic heterocycles. The third-order valence-electron chi connectivity index (χ3n) is 2.54. The van der Waals surface area contributed by atoms with E-state index in [4.69, 9.17) is 5.73 Å². The first kappa shape index (κ1) is 10.6. The van der Waals surface area contributed by atoms with Gasteiger partial charge in [0.15, 0.2) is 5.65 Å². The highest BCUT2D eigenvalue weighted by molar-refractivity contribution is 9.10. The molecule has 0 aliphatic carbocycles. The van der Waals surface area contributed by atoms with E-state index in [2.05, 4.69) is 33.1 Å². The van der Waals surface area contributed by atoms with Gasteiger partial charge in [-0.3, -0.25) is 4.40 Å². The zero-order chi connectivity index (χ0) is 10.8. The van der Waals surface area contributed by atoms with E-state index in [0.717, 1.165) is 22.4 Å². The number of pyridine rings is 1. The van der Waals surface area contributed by atoms with Crippen molar-refractivity contribution in [2.75, 3.05) is 6.54 Å². The van der Waals surface area contributed by atoms with Crippen molar-refractivity contribution in [3.63, 3.8) is 0 Å². The molecule has 4 nitrogen and oxygen atoms in total. The molecule has 0 saturated carbocycles. The van der Waals surface area contributed by atoms with Crippen molar-refractivity contribution < 1.29 is 0 Å². The van der Waals surface area contributed by atoms with Gasteiger partial charge in [-0.1, -0.05) is 6.92 Å². The molecule has 5 heteroatoms. The normalized spacial score (nSPS) is 13.3. The predicted octanol–water partition coefficient (Wildman–Crippen LogP) is 1.94. The van der Waals surface area contributed by atoms with Gasteiger partial charge in [-0.15, -0.1) is 10.2 Å². The standard InChI is InChI=1S/C10H13BrN4/c1-2-7(5-12)10-14-13-9-4-3-8(11)6-15(9)10/h3-4,6-7H,2,5,12H2,1H3. The van der Waals surface area contributed by atoms with Crippen LogP contribution in [-0.2, 0) is 0 Å². The van der Waals surface area contributed by atoms with Crippen LogP contribution in [0.3, 0.4) is 0 Å². The van der Waals surface area contributed by atoms with Gasteiger partial charge in [0.05, 0.1) is 0 Å². The first-order valence-electron chi connectivity index (χ1n) is 4.96. The summed E-state index contributed by atoms with van der Waals surface area (Å²) in [6.07, 6.45) is 2.95. The van der Waals surface area contributed by atoms with Crippen LogP contribution >= 0.6 is 15.9 Å². The summed E-state index contributed by atoms with van der Waals surface area (Å²) in [5.74, 6) is 1.21. The third-order valence-corrected chi connectivity index (χ3v) is 3.00. The molecule has 0 fully saturated rings. The topological polar surface area (TPSA) is 56.2 Å². The average molecular weight is 269 g/mol. The Balaban J connectivity index is 2.55. The molecule has 0 bridgehead atoms. The van der Waals surface area contributed by atoms with Crippen LogP contribution < -0.4 is 5.73 Å². The molecule has 0 radical (unpaired) electrons. The summed E-state index contributed by atoms with van der Waals surface area (Å²) in [4.78, 5) is 0. The van der Waals surface area contributed by atoms with Crippen molar-refractivity contribution >= 4 is 21.6 Å². The second-order valence-corrected chi connectivity index (χ2v) is 4.39. The minimum Gasteiger partial charge on any atom is -0.330 e. The van der Waals surface area contributed by atoms with E-state index >= 15 is 0 Å². The van der Waals surface area contributed by atoms with Gasteiger partial charge in [-0.2, -0.15) is 0 Å². The molecule has 2 N–H and O–H groups in total. The average Bonchev–Trinajstić information content (AvgIpc) is 2.64. The van der Waals surface area contributed by atoms with Gasteiger partial charge >= 0.3 is 0 Å². The molecule has 15 heavy (non-hydrogen) atoms. The third kappa shape index (κ3) is 1.89. The molecule has 2 heterocycles. The second kappa shape index (κ2) is 4.28. The predicted molar refractivity (Wildman–Crippen MR) is 62.8 cm³/mol. The van der Waals surface area contributed by atoms with Gasteiger partial charge in [0.1, 0.15) is 5.82 Å². The van der Waals surface area contributed by atoms with Crippen molar-refractivity contribution in [1.82, 2.24) is 14.6 Å². The maximum Gasteiger partial charge on any atom is 0.160 e. The fourth-order valence-corrected chi connectivity index (χ4v) is 1.95. The molecule has 0 amide bonds. The Morgan fingerprint density at radius 2 is 2.27 bits per heavy atom. The highest BCUT2D eigenvalue weighted by atomic mass is 79.9. The van der Waals surface area contributed by atoms with Crippen LogP contribution in [0.25, 0.3) is 5.65 Å². The molecule has 0 saturated heterocycles. The summed E-state index contributed by atoms with van der Waals surface area (Å²) in [6, 6.07) is 3.89. The maximum absolute atomic E-state index is 5.71. The summed E-state index contributed by atoms with van der Waals surface area (Å²) in [5.41, 5.74) is 6.57. The fraction of sp³-hybridized carbons (Fsp3) is 0.400. The smallest absolute Gasteiger partial charge is 0.160 e. The number of nitrogens with two attached hydrogens (primary N) is 1. The highest BCUT2D eigenvalue weighted by Gasteiger charge is 2.14. The number of halogens is 1. The lowest BCUT2D eigenvalue weighted by Crippen LogP contribution is -2.14. The SMILES string of the molecule is CCC(CN)c1nnc2ccc(Br)cn12. The minimum absolute atomic E-state index is 0.272. The number of fused-ring (bicyclic) bond motifs is 1. The van der Waals surface area contributed by atoms with E-state index in [9.17, 15) is 0 Å². The Morgan fingerprint density at radius 1 is 1.47 bits per heavy atom. The molecular formula is C10H13BrN4. The maximum atomic E-state index is 5.71. The van der Waals surface area contributed by atoms with Crippen molar-refractivity contribution in [3.05, 3.63) is 28.6 Å². The molecule has 2 aromatic rings. The second-order valence-electron chi connectivity index (χ2n) is 3.47. The Hall–Kier alpha value is -0.940. The highest BCUT2D eigenvalue weighted by Crippen LogP contribution is 2.19. The minimum atomic E-state index is 0.272. The zero-order valence-electron chi connectivity index (χ0n) is 8.52. The van der Waals surface area contributed by atoms with Gasteiger partial charge < -0.3 is 5.73 Å². The number of nitrogens with zero attached hydrogens (tertiary/aromatic N) is 3. The lowest BCUT2D eigenvalue weighted by molar-refractivity contribution is 0.623. The molecule has 1 unspecified atom stereocenters. The van der Waals surface area contributed by atoms with E-state index in [-0.39, 0.29) is 5.92 Å². The van der Waals surface area contributed by atoms with E-state index < -0.39 is 0 Å². The van der Waals surface area contributed by atoms with Crippen molar-refractivity contribution in [2.24, 2.45) is 5.73 Å². The quantitative estimate of drug-likeness (QED) is 0.926.